The van der Waals surface area contributed by atoms with Gasteiger partial charge in [-0.2, -0.15) is 5.10 Å². The number of primary amides is 1. The summed E-state index contributed by atoms with van der Waals surface area (Å²) in [5, 5.41) is 24.1. The largest absolute Gasteiger partial charge is 0.394 e. The van der Waals surface area contributed by atoms with Crippen LogP contribution in [0.1, 0.15) is 0 Å². The lowest BCUT2D eigenvalue weighted by atomic mass is 10.3. The summed E-state index contributed by atoms with van der Waals surface area (Å²) in [7, 11) is 0. The molecule has 0 spiro atoms. The number of rotatable bonds is 6. The second-order valence-corrected chi connectivity index (χ2v) is 3.80. The normalized spacial score (nSPS) is 12.2. The molecule has 5 N–H and O–H groups in total. The third-order valence-electron chi connectivity index (χ3n) is 2.11. The summed E-state index contributed by atoms with van der Waals surface area (Å²) in [5.74, 6) is -0.889. The van der Waals surface area contributed by atoms with E-state index in [1.54, 1.807) is 0 Å². The molecule has 1 heterocycles. The van der Waals surface area contributed by atoms with Gasteiger partial charge in [-0.15, -0.1) is 0 Å². The van der Waals surface area contributed by atoms with Crippen LogP contribution >= 0.6 is 11.6 Å². The van der Waals surface area contributed by atoms with Crippen LogP contribution in [-0.4, -0.2) is 45.2 Å². The molecule has 0 fully saturated rings. The summed E-state index contributed by atoms with van der Waals surface area (Å²) < 4.78 is 0.998. The van der Waals surface area contributed by atoms with Crippen LogP contribution in [0, 0.1) is 0 Å². The summed E-state index contributed by atoms with van der Waals surface area (Å²) >= 11 is 5.78. The van der Waals surface area contributed by atoms with Gasteiger partial charge in [0.1, 0.15) is 11.1 Å². The predicted octanol–water partition coefficient (Wildman–Crippen LogP) is -1.85. The third-order valence-corrected chi connectivity index (χ3v) is 2.48. The van der Waals surface area contributed by atoms with Gasteiger partial charge in [-0.25, -0.2) is 4.68 Å². The van der Waals surface area contributed by atoms with Crippen molar-refractivity contribution < 1.29 is 15.0 Å². The number of aliphatic hydroxyl groups excluding tert-OH is 2. The second kappa shape index (κ2) is 6.34. The minimum atomic E-state index is -1.39. The van der Waals surface area contributed by atoms with E-state index in [-0.39, 0.29) is 30.4 Å². The summed E-state index contributed by atoms with van der Waals surface area (Å²) in [6.45, 7) is -0.390. The van der Waals surface area contributed by atoms with Crippen molar-refractivity contribution in [3.8, 4) is 0 Å². The first kappa shape index (κ1) is 14.4. The Morgan fingerprint density at radius 2 is 2.33 bits per heavy atom. The van der Waals surface area contributed by atoms with E-state index in [0.29, 0.717) is 0 Å². The van der Waals surface area contributed by atoms with Crippen LogP contribution in [-0.2, 0) is 11.3 Å². The zero-order chi connectivity index (χ0) is 13.7. The molecule has 0 radical (unpaired) electrons. The van der Waals surface area contributed by atoms with Gasteiger partial charge in [0.05, 0.1) is 25.0 Å². The van der Waals surface area contributed by atoms with Gasteiger partial charge < -0.3 is 21.3 Å². The molecule has 1 rings (SSSR count). The first-order valence-electron chi connectivity index (χ1n) is 5.05. The molecule has 9 heteroatoms. The number of aliphatic hydroxyl groups is 2. The maximum Gasteiger partial charge on any atom is 0.287 e. The molecule has 1 aromatic rings. The molecule has 0 saturated carbocycles. The smallest absolute Gasteiger partial charge is 0.287 e. The number of anilines is 1. The van der Waals surface area contributed by atoms with Gasteiger partial charge in [0, 0.05) is 6.54 Å². The van der Waals surface area contributed by atoms with Crippen molar-refractivity contribution in [2.75, 3.05) is 18.5 Å². The lowest BCUT2D eigenvalue weighted by Crippen LogP contribution is -2.35. The zero-order valence-corrected chi connectivity index (χ0v) is 10.1. The molecule has 1 aromatic heterocycles. The number of nitrogens with two attached hydrogens (primary N) is 1. The summed E-state index contributed by atoms with van der Waals surface area (Å²) in [6.07, 6.45) is -0.131. The van der Waals surface area contributed by atoms with E-state index in [0.717, 1.165) is 4.68 Å². The van der Waals surface area contributed by atoms with Crippen LogP contribution in [0.25, 0.3) is 0 Å². The molecule has 0 aromatic carbocycles. The number of halogens is 1. The minimum Gasteiger partial charge on any atom is -0.394 e. The van der Waals surface area contributed by atoms with Gasteiger partial charge in [0.15, 0.2) is 0 Å². The molecule has 0 aliphatic carbocycles. The fourth-order valence-corrected chi connectivity index (χ4v) is 1.36. The molecule has 8 nitrogen and oxygen atoms in total. The summed E-state index contributed by atoms with van der Waals surface area (Å²) in [5.41, 5.74) is 4.46. The highest BCUT2D eigenvalue weighted by atomic mass is 35.5. The molecule has 0 aliphatic heterocycles. The van der Waals surface area contributed by atoms with Gasteiger partial charge in [-0.3, -0.25) is 9.59 Å². The number of nitrogens with zero attached hydrogens (tertiary/aromatic N) is 2. The van der Waals surface area contributed by atoms with Gasteiger partial charge in [0.25, 0.3) is 5.56 Å². The molecule has 0 aliphatic rings. The molecule has 0 saturated heterocycles. The monoisotopic (exact) mass is 276 g/mol. The molecule has 1 unspecified atom stereocenters. The number of hydrogen-bond donors (Lipinski definition) is 4. The van der Waals surface area contributed by atoms with Gasteiger partial charge in [-0.05, 0) is 0 Å². The second-order valence-electron chi connectivity index (χ2n) is 3.42. The Balaban J connectivity index is 2.83. The molecule has 0 bridgehead atoms. The van der Waals surface area contributed by atoms with Crippen LogP contribution in [0.5, 0.6) is 0 Å². The fourth-order valence-electron chi connectivity index (χ4n) is 1.15. The molecule has 100 valence electrons. The molecule has 1 atom stereocenters. The Hall–Kier alpha value is -1.64. The number of carbonyl (C=O) groups is 1. The van der Waals surface area contributed by atoms with E-state index in [1.165, 1.54) is 6.20 Å². The van der Waals surface area contributed by atoms with Crippen LogP contribution in [0.4, 0.5) is 5.69 Å². The van der Waals surface area contributed by atoms with E-state index < -0.39 is 17.6 Å². The average molecular weight is 277 g/mol. The lowest BCUT2D eigenvalue weighted by molar-refractivity contribution is -0.125. The van der Waals surface area contributed by atoms with Crippen molar-refractivity contribution >= 4 is 23.2 Å². The van der Waals surface area contributed by atoms with Crippen LogP contribution < -0.4 is 16.6 Å². The summed E-state index contributed by atoms with van der Waals surface area (Å²) in [6, 6.07) is 0. The van der Waals surface area contributed by atoms with Crippen LogP contribution in [0.2, 0.25) is 5.02 Å². The van der Waals surface area contributed by atoms with Crippen molar-refractivity contribution in [1.29, 1.82) is 0 Å². The molecule has 1 amide bonds. The minimum absolute atomic E-state index is 0.0305. The molecular formula is C9H13ClN4O4. The highest BCUT2D eigenvalue weighted by Gasteiger charge is 2.13. The first-order chi connectivity index (χ1) is 8.47. The standard InChI is InChI=1S/C9H13ClN4O4/c10-7-5(12-4-6(16)8(11)17)3-13-14(1-2-15)9(7)18/h3,6,12,15-16H,1-2,4H2,(H2,11,17). The first-order valence-corrected chi connectivity index (χ1v) is 5.43. The van der Waals surface area contributed by atoms with Crippen molar-refractivity contribution in [2.45, 2.75) is 12.6 Å². The van der Waals surface area contributed by atoms with Gasteiger partial charge >= 0.3 is 0 Å². The van der Waals surface area contributed by atoms with E-state index in [2.05, 4.69) is 10.4 Å². The number of amides is 1. The maximum absolute atomic E-state index is 11.6. The fraction of sp³-hybridized carbons (Fsp3) is 0.444. The Bertz CT molecular complexity index is 490. The quantitative estimate of drug-likeness (QED) is 0.482. The highest BCUT2D eigenvalue weighted by Crippen LogP contribution is 2.14. The molecule has 18 heavy (non-hydrogen) atoms. The van der Waals surface area contributed by atoms with Gasteiger partial charge in [0.2, 0.25) is 5.91 Å². The van der Waals surface area contributed by atoms with Crippen molar-refractivity contribution in [3.05, 3.63) is 21.6 Å². The third kappa shape index (κ3) is 3.42. The highest BCUT2D eigenvalue weighted by molar-refractivity contribution is 6.32. The Labute approximate surface area is 107 Å². The summed E-state index contributed by atoms with van der Waals surface area (Å²) in [4.78, 5) is 22.2. The van der Waals surface area contributed by atoms with Crippen LogP contribution in [0.3, 0.4) is 0 Å². The average Bonchev–Trinajstić information content (AvgIpc) is 2.33. The lowest BCUT2D eigenvalue weighted by Gasteiger charge is -2.11. The van der Waals surface area contributed by atoms with Crippen molar-refractivity contribution in [3.63, 3.8) is 0 Å². The SMILES string of the molecule is NC(=O)C(O)CNc1cnn(CCO)c(=O)c1Cl. The van der Waals surface area contributed by atoms with Crippen LogP contribution in [0.15, 0.2) is 11.0 Å². The van der Waals surface area contributed by atoms with Crippen molar-refractivity contribution in [1.82, 2.24) is 9.78 Å². The number of aromatic nitrogens is 2. The van der Waals surface area contributed by atoms with Gasteiger partial charge in [-0.1, -0.05) is 11.6 Å². The number of hydrogen-bond acceptors (Lipinski definition) is 6. The Morgan fingerprint density at radius 3 is 2.89 bits per heavy atom. The van der Waals surface area contributed by atoms with E-state index in [9.17, 15) is 9.59 Å². The van der Waals surface area contributed by atoms with E-state index in [1.807, 2.05) is 0 Å². The topological polar surface area (TPSA) is 130 Å². The number of carbonyl (C=O) groups excluding carboxylic acids is 1. The Morgan fingerprint density at radius 1 is 1.67 bits per heavy atom. The van der Waals surface area contributed by atoms with E-state index >= 15 is 0 Å². The number of nitrogens with one attached hydrogen (secondary N) is 1. The zero-order valence-electron chi connectivity index (χ0n) is 9.34. The van der Waals surface area contributed by atoms with E-state index in [4.69, 9.17) is 27.5 Å². The predicted molar refractivity (Wildman–Crippen MR) is 64.3 cm³/mol. The maximum atomic E-state index is 11.6. The van der Waals surface area contributed by atoms with Crippen molar-refractivity contribution in [2.24, 2.45) is 5.73 Å². The molecular weight excluding hydrogens is 264 g/mol. The Kier molecular flexibility index (Phi) is 5.08.